The zero-order chi connectivity index (χ0) is 34.8. The summed E-state index contributed by atoms with van der Waals surface area (Å²) in [6.07, 6.45) is 12.1. The maximum Gasteiger partial charge on any atom is 0.300 e. The van der Waals surface area contributed by atoms with Crippen LogP contribution >= 0.6 is 11.6 Å². The van der Waals surface area contributed by atoms with Crippen LogP contribution < -0.4 is 21.7 Å². The second-order valence-corrected chi connectivity index (χ2v) is 12.1. The van der Waals surface area contributed by atoms with Crippen molar-refractivity contribution < 1.29 is 27.0 Å². The van der Waals surface area contributed by atoms with Gasteiger partial charge in [0, 0.05) is 94.1 Å². The predicted octanol–water partition coefficient (Wildman–Crippen LogP) is 7.57. The third-order valence-electron chi connectivity index (χ3n) is 7.24. The van der Waals surface area contributed by atoms with E-state index in [-0.39, 0.29) is 17.1 Å². The van der Waals surface area contributed by atoms with Crippen molar-refractivity contribution in [1.29, 1.82) is 0 Å². The number of nitrogens with zero attached hydrogens (tertiary/aromatic N) is 6. The van der Waals surface area contributed by atoms with Gasteiger partial charge in [-0.2, -0.15) is 4.98 Å². The molecule has 2 aromatic carbocycles. The van der Waals surface area contributed by atoms with E-state index >= 15 is 0 Å². The van der Waals surface area contributed by atoms with E-state index in [9.17, 15) is 0 Å². The number of hydrogen-bond acceptors (Lipinski definition) is 11. The number of carboxylic acid groups (broad SMARTS) is 1. The van der Waals surface area contributed by atoms with Crippen molar-refractivity contribution in [3.05, 3.63) is 102 Å². The summed E-state index contributed by atoms with van der Waals surface area (Å²) in [7, 11) is 0. The molecular weight excluding hydrogens is 703 g/mol. The molecule has 0 amide bonds. The molecule has 50 heavy (non-hydrogen) atoms. The first-order valence-corrected chi connectivity index (χ1v) is 16.3. The number of aromatic nitrogens is 6. The Morgan fingerprint density at radius 3 is 1.88 bits per heavy atom. The van der Waals surface area contributed by atoms with Gasteiger partial charge in [-0.3, -0.25) is 14.8 Å². The number of benzene rings is 2. The minimum absolute atomic E-state index is 0. The van der Waals surface area contributed by atoms with Crippen molar-refractivity contribution >= 4 is 68.3 Å². The minimum atomic E-state index is -0.833. The van der Waals surface area contributed by atoms with E-state index in [1.165, 1.54) is 25.7 Å². The molecule has 6 aromatic rings. The van der Waals surface area contributed by atoms with Crippen LogP contribution in [0.15, 0.2) is 85.5 Å². The Bertz CT molecular complexity index is 2040. The fourth-order valence-corrected chi connectivity index (χ4v) is 4.57. The van der Waals surface area contributed by atoms with Crippen LogP contribution in [0.4, 0.5) is 29.0 Å². The molecule has 6 N–H and O–H groups in total. The molecule has 263 valence electrons. The topological polar surface area (TPSA) is 177 Å². The SMILES string of the molecule is CC(=O)O.Cc1cnc(Cl)nc1NC1CC1.Cc1cnc(Nc2ccc3ncccc3c2)nc1NC1CC1.Nc1ccc2ncccc2c1.[Cu]. The maximum absolute atomic E-state index is 9.00. The molecule has 0 unspecified atom stereocenters. The van der Waals surface area contributed by atoms with E-state index in [2.05, 4.69) is 51.9 Å². The number of hydrogen-bond donors (Lipinski definition) is 5. The molecule has 4 heterocycles. The maximum atomic E-state index is 9.00. The molecule has 0 spiro atoms. The molecule has 8 rings (SSSR count). The molecule has 0 atom stereocenters. The number of halogens is 1. The molecule has 14 heteroatoms. The summed E-state index contributed by atoms with van der Waals surface area (Å²) in [5.74, 6) is 1.57. The van der Waals surface area contributed by atoms with Crippen LogP contribution in [0.1, 0.15) is 43.7 Å². The van der Waals surface area contributed by atoms with Crippen LogP contribution in [0.2, 0.25) is 5.28 Å². The molecule has 1 radical (unpaired) electrons. The monoisotopic (exact) mass is 741 g/mol. The first-order chi connectivity index (χ1) is 23.6. The summed E-state index contributed by atoms with van der Waals surface area (Å²) in [4.78, 5) is 34.4. The molecule has 2 aliphatic rings. The van der Waals surface area contributed by atoms with Crippen LogP contribution in [0, 0.1) is 13.8 Å². The van der Waals surface area contributed by atoms with Crippen molar-refractivity contribution in [1.82, 2.24) is 29.9 Å². The Balaban J connectivity index is 0.000000170. The van der Waals surface area contributed by atoms with Crippen molar-refractivity contribution in [3.63, 3.8) is 0 Å². The summed E-state index contributed by atoms with van der Waals surface area (Å²) < 4.78 is 0. The Hall–Kier alpha value is -5.10. The standard InChI is InChI=1S/C17H17N5.C9H8N2.C8H10ClN3.C2H4O2.Cu/c1-11-10-19-17(22-16(11)20-13-4-5-13)21-14-6-7-15-12(9-14)3-2-8-18-15;10-8-3-4-9-7(6-8)2-1-5-11-9;1-5-4-10-8(9)12-7(5)11-6-2-3-6;1-2(3)4;/h2-3,6-10,13H,4-5H2,1H3,(H2,19,20,21,22);1-6H,10H2;4,6H,2-3H2,1H3,(H,10,11,12);1H3,(H,3,4);. The van der Waals surface area contributed by atoms with Crippen molar-refractivity contribution in [2.45, 2.75) is 58.5 Å². The molecule has 0 aliphatic heterocycles. The second kappa shape index (κ2) is 18.1. The number of aryl methyl sites for hydroxylation is 2. The Morgan fingerprint density at radius 1 is 0.780 bits per heavy atom. The Kier molecular flexibility index (Phi) is 13.6. The first kappa shape index (κ1) is 37.7. The van der Waals surface area contributed by atoms with E-state index in [0.29, 0.717) is 23.3 Å². The number of fused-ring (bicyclic) bond motifs is 2. The third kappa shape index (κ3) is 12.1. The molecule has 2 aliphatic carbocycles. The number of nitrogens with two attached hydrogens (primary N) is 1. The van der Waals surface area contributed by atoms with Crippen LogP contribution in [0.25, 0.3) is 21.8 Å². The average Bonchev–Trinajstić information content (AvgIpc) is 4.03. The molecule has 2 saturated carbocycles. The molecule has 12 nitrogen and oxygen atoms in total. The predicted molar refractivity (Wildman–Crippen MR) is 196 cm³/mol. The number of anilines is 5. The van der Waals surface area contributed by atoms with Crippen LogP contribution in [0.3, 0.4) is 0 Å². The number of nitrogen functional groups attached to an aromatic ring is 1. The number of aliphatic carboxylic acids is 1. The van der Waals surface area contributed by atoms with Crippen LogP contribution in [-0.2, 0) is 21.9 Å². The number of carbonyl (C=O) groups is 1. The summed E-state index contributed by atoms with van der Waals surface area (Å²) in [5, 5.41) is 19.9. The van der Waals surface area contributed by atoms with Gasteiger partial charge in [0.1, 0.15) is 11.6 Å². The molecule has 2 fully saturated rings. The molecular formula is C36H39ClCuN10O2. The van der Waals surface area contributed by atoms with Gasteiger partial charge in [-0.1, -0.05) is 12.1 Å². The van der Waals surface area contributed by atoms with E-state index < -0.39 is 5.97 Å². The Morgan fingerprint density at radius 2 is 1.30 bits per heavy atom. The van der Waals surface area contributed by atoms with Crippen molar-refractivity contribution in [2.24, 2.45) is 0 Å². The molecule has 4 aromatic heterocycles. The van der Waals surface area contributed by atoms with E-state index in [1.54, 1.807) is 18.6 Å². The number of nitrogens with one attached hydrogen (secondary N) is 3. The smallest absolute Gasteiger partial charge is 0.300 e. The zero-order valence-corrected chi connectivity index (χ0v) is 29.6. The third-order valence-corrected chi connectivity index (χ3v) is 7.42. The van der Waals surface area contributed by atoms with E-state index in [0.717, 1.165) is 62.9 Å². The van der Waals surface area contributed by atoms with Crippen LogP contribution in [0.5, 0.6) is 0 Å². The Labute approximate surface area is 306 Å². The molecule has 0 saturated heterocycles. The number of pyridine rings is 2. The van der Waals surface area contributed by atoms with Crippen molar-refractivity contribution in [3.8, 4) is 0 Å². The first-order valence-electron chi connectivity index (χ1n) is 15.9. The van der Waals surface area contributed by atoms with Crippen molar-refractivity contribution in [2.75, 3.05) is 21.7 Å². The number of carboxylic acids is 1. The van der Waals surface area contributed by atoms with E-state index in [4.69, 9.17) is 27.2 Å². The fraction of sp³-hybridized carbons (Fsp3) is 0.250. The largest absolute Gasteiger partial charge is 0.481 e. The van der Waals surface area contributed by atoms with Gasteiger partial charge in [0.15, 0.2) is 0 Å². The van der Waals surface area contributed by atoms with Gasteiger partial charge in [-0.05, 0) is 99.7 Å². The summed E-state index contributed by atoms with van der Waals surface area (Å²) >= 11 is 5.66. The molecule has 0 bridgehead atoms. The van der Waals surface area contributed by atoms with Gasteiger partial charge in [-0.15, -0.1) is 0 Å². The zero-order valence-electron chi connectivity index (χ0n) is 27.9. The quantitative estimate of drug-likeness (QED) is 0.0644. The van der Waals surface area contributed by atoms with Gasteiger partial charge < -0.3 is 26.8 Å². The van der Waals surface area contributed by atoms with Crippen LogP contribution in [-0.4, -0.2) is 53.1 Å². The number of rotatable bonds is 6. The fourth-order valence-electron chi connectivity index (χ4n) is 4.43. The second-order valence-electron chi connectivity index (χ2n) is 11.7. The average molecular weight is 743 g/mol. The summed E-state index contributed by atoms with van der Waals surface area (Å²) in [6, 6.07) is 20.8. The minimum Gasteiger partial charge on any atom is -0.481 e. The van der Waals surface area contributed by atoms with Gasteiger partial charge in [0.2, 0.25) is 11.2 Å². The normalized spacial score (nSPS) is 12.8. The van der Waals surface area contributed by atoms with Gasteiger partial charge >= 0.3 is 0 Å². The summed E-state index contributed by atoms with van der Waals surface area (Å²) in [6.45, 7) is 5.08. The summed E-state index contributed by atoms with van der Waals surface area (Å²) in [5.41, 5.74) is 11.4. The van der Waals surface area contributed by atoms with Gasteiger partial charge in [0.25, 0.3) is 5.97 Å². The van der Waals surface area contributed by atoms with Gasteiger partial charge in [0.05, 0.1) is 11.0 Å². The van der Waals surface area contributed by atoms with Gasteiger partial charge in [-0.25, -0.2) is 15.0 Å². The van der Waals surface area contributed by atoms with E-state index in [1.807, 2.05) is 74.6 Å².